The summed E-state index contributed by atoms with van der Waals surface area (Å²) in [6.45, 7) is 6.71. The molecule has 0 aliphatic rings. The van der Waals surface area contributed by atoms with Crippen LogP contribution in [0.25, 0.3) is 22.5 Å². The maximum absolute atomic E-state index is 13.1. The van der Waals surface area contributed by atoms with E-state index in [1.807, 2.05) is 79.7 Å². The molecule has 4 aromatic carbocycles. The van der Waals surface area contributed by atoms with Gasteiger partial charge in [-0.2, -0.15) is 0 Å². The van der Waals surface area contributed by atoms with Crippen LogP contribution in [0.4, 0.5) is 0 Å². The molecule has 0 fully saturated rings. The normalized spacial score (nSPS) is 11.0. The Morgan fingerprint density at radius 2 is 1.51 bits per heavy atom. The molecule has 6 heteroatoms. The van der Waals surface area contributed by atoms with Crippen molar-refractivity contribution >= 4 is 34.4 Å². The molecule has 3 N–H and O–H groups in total. The number of nitrogens with one attached hydrogen (secondary N) is 3. The highest BCUT2D eigenvalue weighted by Crippen LogP contribution is 2.19. The standard InChI is InChI=1S/C31H29N3O3/c1-3-19-37-28-17-13-23(14-18-28)20-29(32-30(35)25-10-5-4-6-11-25)31(36)34-33-22(2)26-16-15-24-9-7-8-12-27(24)21-26/h4-18,20-21,33H,2-3,19H2,1H3,(H,32,35)(H,34,36). The Morgan fingerprint density at radius 1 is 0.811 bits per heavy atom. The van der Waals surface area contributed by atoms with Crippen LogP contribution in [0.5, 0.6) is 5.75 Å². The van der Waals surface area contributed by atoms with Crippen molar-refractivity contribution < 1.29 is 14.3 Å². The smallest absolute Gasteiger partial charge is 0.286 e. The van der Waals surface area contributed by atoms with Crippen LogP contribution in [0.1, 0.15) is 34.8 Å². The fourth-order valence-corrected chi connectivity index (χ4v) is 3.64. The Bertz CT molecular complexity index is 1430. The average Bonchev–Trinajstić information content (AvgIpc) is 2.95. The van der Waals surface area contributed by atoms with E-state index in [-0.39, 0.29) is 5.70 Å². The average molecular weight is 492 g/mol. The summed E-state index contributed by atoms with van der Waals surface area (Å²) >= 11 is 0. The van der Waals surface area contributed by atoms with Crippen molar-refractivity contribution in [2.75, 3.05) is 6.61 Å². The lowest BCUT2D eigenvalue weighted by Gasteiger charge is -2.15. The monoisotopic (exact) mass is 491 g/mol. The minimum Gasteiger partial charge on any atom is -0.494 e. The minimum absolute atomic E-state index is 0.0786. The van der Waals surface area contributed by atoms with Crippen molar-refractivity contribution in [3.05, 3.63) is 126 Å². The van der Waals surface area contributed by atoms with Gasteiger partial charge in [-0.05, 0) is 64.7 Å². The summed E-state index contributed by atoms with van der Waals surface area (Å²) in [4.78, 5) is 26.0. The summed E-state index contributed by atoms with van der Waals surface area (Å²) in [6, 6.07) is 30.0. The second-order valence-electron chi connectivity index (χ2n) is 8.42. The highest BCUT2D eigenvalue weighted by molar-refractivity contribution is 6.05. The first-order valence-corrected chi connectivity index (χ1v) is 12.1. The molecular weight excluding hydrogens is 462 g/mol. The van der Waals surface area contributed by atoms with Gasteiger partial charge in [-0.15, -0.1) is 0 Å². The van der Waals surface area contributed by atoms with Gasteiger partial charge in [0.2, 0.25) is 0 Å². The van der Waals surface area contributed by atoms with Crippen molar-refractivity contribution in [3.63, 3.8) is 0 Å². The van der Waals surface area contributed by atoms with E-state index < -0.39 is 11.8 Å². The molecule has 2 amide bonds. The molecule has 0 aliphatic carbocycles. The van der Waals surface area contributed by atoms with Gasteiger partial charge < -0.3 is 10.1 Å². The molecule has 0 unspecified atom stereocenters. The zero-order chi connectivity index (χ0) is 26.0. The van der Waals surface area contributed by atoms with Crippen molar-refractivity contribution in [1.82, 2.24) is 16.2 Å². The highest BCUT2D eigenvalue weighted by Gasteiger charge is 2.15. The van der Waals surface area contributed by atoms with E-state index in [0.29, 0.717) is 17.9 Å². The van der Waals surface area contributed by atoms with E-state index >= 15 is 0 Å². The Balaban J connectivity index is 1.50. The molecule has 0 bridgehead atoms. The molecule has 37 heavy (non-hydrogen) atoms. The van der Waals surface area contributed by atoms with Gasteiger partial charge in [0, 0.05) is 5.56 Å². The summed E-state index contributed by atoms with van der Waals surface area (Å²) in [5.41, 5.74) is 8.12. The van der Waals surface area contributed by atoms with Crippen molar-refractivity contribution in [1.29, 1.82) is 0 Å². The van der Waals surface area contributed by atoms with Gasteiger partial charge in [0.15, 0.2) is 0 Å². The van der Waals surface area contributed by atoms with Gasteiger partial charge in [0.05, 0.1) is 12.3 Å². The topological polar surface area (TPSA) is 79.5 Å². The SMILES string of the molecule is C=C(NNC(=O)C(=Cc1ccc(OCCC)cc1)NC(=O)c1ccccc1)c1ccc2ccccc2c1. The number of hydrogen-bond donors (Lipinski definition) is 3. The lowest BCUT2D eigenvalue weighted by molar-refractivity contribution is -0.118. The quantitative estimate of drug-likeness (QED) is 0.197. The maximum atomic E-state index is 13.1. The Kier molecular flexibility index (Phi) is 8.34. The van der Waals surface area contributed by atoms with Gasteiger partial charge in [-0.25, -0.2) is 0 Å². The van der Waals surface area contributed by atoms with E-state index in [1.165, 1.54) is 0 Å². The first kappa shape index (κ1) is 25.3. The summed E-state index contributed by atoms with van der Waals surface area (Å²) in [5, 5.41) is 4.91. The van der Waals surface area contributed by atoms with Crippen LogP contribution in [0, 0.1) is 0 Å². The zero-order valence-corrected chi connectivity index (χ0v) is 20.7. The van der Waals surface area contributed by atoms with E-state index in [1.54, 1.807) is 30.3 Å². The van der Waals surface area contributed by atoms with E-state index in [2.05, 4.69) is 22.7 Å². The summed E-state index contributed by atoms with van der Waals surface area (Å²) in [6.07, 6.45) is 2.52. The predicted octanol–water partition coefficient (Wildman–Crippen LogP) is 5.69. The highest BCUT2D eigenvalue weighted by atomic mass is 16.5. The van der Waals surface area contributed by atoms with Crippen LogP contribution >= 0.6 is 0 Å². The third kappa shape index (κ3) is 6.86. The molecule has 0 aliphatic heterocycles. The summed E-state index contributed by atoms with van der Waals surface area (Å²) < 4.78 is 5.63. The van der Waals surface area contributed by atoms with Crippen LogP contribution in [-0.4, -0.2) is 18.4 Å². The molecule has 4 rings (SSSR count). The summed E-state index contributed by atoms with van der Waals surface area (Å²) in [7, 11) is 0. The van der Waals surface area contributed by atoms with E-state index in [4.69, 9.17) is 4.74 Å². The van der Waals surface area contributed by atoms with Gasteiger partial charge >= 0.3 is 0 Å². The number of carbonyl (C=O) groups is 2. The van der Waals surface area contributed by atoms with Gasteiger partial charge in [-0.3, -0.25) is 20.4 Å². The van der Waals surface area contributed by atoms with Crippen LogP contribution in [0.3, 0.4) is 0 Å². The Morgan fingerprint density at radius 3 is 2.24 bits per heavy atom. The third-order valence-electron chi connectivity index (χ3n) is 5.62. The number of amides is 2. The van der Waals surface area contributed by atoms with E-state index in [0.717, 1.165) is 34.1 Å². The molecule has 186 valence electrons. The number of hydrogen-bond acceptors (Lipinski definition) is 4. The fraction of sp³-hybridized carbons (Fsp3) is 0.0968. The number of fused-ring (bicyclic) bond motifs is 1. The van der Waals surface area contributed by atoms with Crippen LogP contribution in [0.15, 0.2) is 109 Å². The second-order valence-corrected chi connectivity index (χ2v) is 8.42. The maximum Gasteiger partial charge on any atom is 0.286 e. The molecule has 0 radical (unpaired) electrons. The summed E-state index contributed by atoms with van der Waals surface area (Å²) in [5.74, 6) is -0.164. The lowest BCUT2D eigenvalue weighted by Crippen LogP contribution is -2.41. The first-order chi connectivity index (χ1) is 18.0. The fourth-order valence-electron chi connectivity index (χ4n) is 3.64. The number of benzene rings is 4. The number of carbonyl (C=O) groups excluding carboxylic acids is 2. The number of ether oxygens (including phenoxy) is 1. The van der Waals surface area contributed by atoms with Crippen LogP contribution in [0.2, 0.25) is 0 Å². The zero-order valence-electron chi connectivity index (χ0n) is 20.7. The van der Waals surface area contributed by atoms with E-state index in [9.17, 15) is 9.59 Å². The Hall–Kier alpha value is -4.84. The van der Waals surface area contributed by atoms with Crippen molar-refractivity contribution in [3.8, 4) is 5.75 Å². The van der Waals surface area contributed by atoms with Crippen molar-refractivity contribution in [2.24, 2.45) is 0 Å². The Labute approximate surface area is 216 Å². The minimum atomic E-state index is -0.516. The molecule has 0 heterocycles. The molecule has 0 atom stereocenters. The molecule has 4 aromatic rings. The van der Waals surface area contributed by atoms with Gasteiger partial charge in [0.25, 0.3) is 11.8 Å². The molecule has 0 spiro atoms. The molecular formula is C31H29N3O3. The van der Waals surface area contributed by atoms with Gasteiger partial charge in [-0.1, -0.05) is 80.2 Å². The first-order valence-electron chi connectivity index (χ1n) is 12.1. The largest absolute Gasteiger partial charge is 0.494 e. The number of hydrazine groups is 1. The van der Waals surface area contributed by atoms with Crippen LogP contribution in [-0.2, 0) is 4.79 Å². The molecule has 0 saturated heterocycles. The third-order valence-corrected chi connectivity index (χ3v) is 5.62. The van der Waals surface area contributed by atoms with Gasteiger partial charge in [0.1, 0.15) is 11.4 Å². The molecule has 6 nitrogen and oxygen atoms in total. The lowest BCUT2D eigenvalue weighted by atomic mass is 10.1. The van der Waals surface area contributed by atoms with Crippen LogP contribution < -0.4 is 20.9 Å². The molecule has 0 aromatic heterocycles. The molecule has 0 saturated carbocycles. The predicted molar refractivity (Wildman–Crippen MR) is 148 cm³/mol. The number of rotatable bonds is 10. The second kappa shape index (κ2) is 12.2. The van der Waals surface area contributed by atoms with Crippen molar-refractivity contribution in [2.45, 2.75) is 13.3 Å².